The lowest BCUT2D eigenvalue weighted by molar-refractivity contribution is -0.136. The number of hydrogen-bond acceptors (Lipinski definition) is 4. The van der Waals surface area contributed by atoms with Gasteiger partial charge in [0.15, 0.2) is 0 Å². The molecule has 108 valence electrons. The minimum Gasteiger partial charge on any atom is -0.411 e. The quantitative estimate of drug-likeness (QED) is 0.666. The number of para-hydroxylation sites is 1. The van der Waals surface area contributed by atoms with Crippen molar-refractivity contribution in [2.24, 2.45) is 5.16 Å². The van der Waals surface area contributed by atoms with Crippen LogP contribution < -0.4 is 4.90 Å². The molecule has 0 bridgehead atoms. The molecule has 0 saturated carbocycles. The van der Waals surface area contributed by atoms with Gasteiger partial charge in [-0.15, -0.1) is 0 Å². The van der Waals surface area contributed by atoms with Gasteiger partial charge >= 0.3 is 0 Å². The van der Waals surface area contributed by atoms with Crippen LogP contribution >= 0.6 is 0 Å². The van der Waals surface area contributed by atoms with Crippen molar-refractivity contribution >= 4 is 17.3 Å². The highest BCUT2D eigenvalue weighted by Crippen LogP contribution is 2.29. The maximum atomic E-state index is 12.7. The Morgan fingerprint density at radius 3 is 2.75 bits per heavy atom. The molecule has 0 spiro atoms. The second-order valence-corrected chi connectivity index (χ2v) is 5.34. The van der Waals surface area contributed by atoms with Gasteiger partial charge in [0.2, 0.25) is 0 Å². The van der Waals surface area contributed by atoms with Gasteiger partial charge in [-0.25, -0.2) is 0 Å². The molecule has 0 unspecified atom stereocenters. The molecule has 0 saturated heterocycles. The van der Waals surface area contributed by atoms with Crippen molar-refractivity contribution in [1.29, 1.82) is 0 Å². The molecule has 0 fully saturated rings. The van der Waals surface area contributed by atoms with E-state index in [1.807, 2.05) is 24.3 Å². The third-order valence-electron chi connectivity index (χ3n) is 3.69. The van der Waals surface area contributed by atoms with Crippen LogP contribution in [-0.4, -0.2) is 36.1 Å². The number of methoxy groups -OCH3 is 1. The number of fused-ring (bicyclic) bond motifs is 1. The number of oxime groups is 1. The molecule has 2 rings (SSSR count). The topological polar surface area (TPSA) is 62.1 Å². The first kappa shape index (κ1) is 14.5. The Morgan fingerprint density at radius 2 is 2.10 bits per heavy atom. The van der Waals surface area contributed by atoms with E-state index in [1.165, 1.54) is 7.11 Å². The van der Waals surface area contributed by atoms with Crippen LogP contribution in [0.4, 0.5) is 5.69 Å². The number of nitrogens with zero attached hydrogens (tertiary/aromatic N) is 2. The first-order valence-corrected chi connectivity index (χ1v) is 6.68. The number of ether oxygens (including phenoxy) is 1. The first-order chi connectivity index (χ1) is 9.51. The molecule has 1 heterocycles. The van der Waals surface area contributed by atoms with Gasteiger partial charge < -0.3 is 14.8 Å². The zero-order valence-corrected chi connectivity index (χ0v) is 12.1. The van der Waals surface area contributed by atoms with Crippen molar-refractivity contribution in [3.63, 3.8) is 0 Å². The van der Waals surface area contributed by atoms with E-state index in [9.17, 15) is 4.79 Å². The van der Waals surface area contributed by atoms with Gasteiger partial charge in [-0.2, -0.15) is 0 Å². The summed E-state index contributed by atoms with van der Waals surface area (Å²) < 4.78 is 5.29. The Bertz CT molecular complexity index is 538. The summed E-state index contributed by atoms with van der Waals surface area (Å²) in [4.78, 5) is 14.4. The number of anilines is 1. The van der Waals surface area contributed by atoms with Gasteiger partial charge in [0, 0.05) is 19.2 Å². The zero-order chi connectivity index (χ0) is 14.8. The van der Waals surface area contributed by atoms with E-state index in [2.05, 4.69) is 5.16 Å². The van der Waals surface area contributed by atoms with Gasteiger partial charge in [0.05, 0.1) is 11.4 Å². The predicted molar refractivity (Wildman–Crippen MR) is 77.4 cm³/mol. The molecule has 0 aliphatic carbocycles. The smallest absolute Gasteiger partial charge is 0.258 e. The number of hydrogen-bond donors (Lipinski definition) is 1. The first-order valence-electron chi connectivity index (χ1n) is 6.68. The lowest BCUT2D eigenvalue weighted by Gasteiger charge is -2.31. The SMILES string of the molecule is COC(C)(C)C(=O)N1CCC/C(=N/O)c2ccccc21. The molecule has 1 amide bonds. The maximum Gasteiger partial charge on any atom is 0.258 e. The second kappa shape index (κ2) is 5.63. The fraction of sp³-hybridized carbons (Fsp3) is 0.467. The molecular weight excluding hydrogens is 256 g/mol. The zero-order valence-electron chi connectivity index (χ0n) is 12.1. The third-order valence-corrected chi connectivity index (χ3v) is 3.69. The minimum atomic E-state index is -0.881. The summed E-state index contributed by atoms with van der Waals surface area (Å²) in [5.41, 5.74) is 1.31. The molecule has 20 heavy (non-hydrogen) atoms. The van der Waals surface area contributed by atoms with Crippen LogP contribution in [0.25, 0.3) is 0 Å². The van der Waals surface area contributed by atoms with Crippen LogP contribution in [0.5, 0.6) is 0 Å². The molecule has 1 aliphatic rings. The normalized spacial score (nSPS) is 17.8. The summed E-state index contributed by atoms with van der Waals surface area (Å²) in [6.45, 7) is 4.09. The number of amides is 1. The lowest BCUT2D eigenvalue weighted by atomic mass is 10.0. The highest BCUT2D eigenvalue weighted by atomic mass is 16.5. The molecule has 1 N–H and O–H groups in total. The molecule has 5 heteroatoms. The molecule has 0 aromatic heterocycles. The Morgan fingerprint density at radius 1 is 1.40 bits per heavy atom. The van der Waals surface area contributed by atoms with Crippen molar-refractivity contribution in [3.8, 4) is 0 Å². The van der Waals surface area contributed by atoms with Crippen molar-refractivity contribution in [3.05, 3.63) is 29.8 Å². The summed E-state index contributed by atoms with van der Waals surface area (Å²) in [6.07, 6.45) is 1.39. The number of carbonyl (C=O) groups is 1. The fourth-order valence-electron chi connectivity index (χ4n) is 2.34. The molecule has 1 aliphatic heterocycles. The van der Waals surface area contributed by atoms with Crippen molar-refractivity contribution < 1.29 is 14.7 Å². The van der Waals surface area contributed by atoms with Crippen molar-refractivity contribution in [1.82, 2.24) is 0 Å². The van der Waals surface area contributed by atoms with Gasteiger partial charge in [-0.3, -0.25) is 4.79 Å². The van der Waals surface area contributed by atoms with Gasteiger partial charge in [-0.1, -0.05) is 23.4 Å². The Hall–Kier alpha value is -1.88. The average molecular weight is 276 g/mol. The average Bonchev–Trinajstić information content (AvgIpc) is 2.65. The summed E-state index contributed by atoms with van der Waals surface area (Å²) in [5.74, 6) is -0.0911. The maximum absolute atomic E-state index is 12.7. The highest BCUT2D eigenvalue weighted by Gasteiger charge is 2.34. The minimum absolute atomic E-state index is 0.0911. The Balaban J connectivity index is 2.48. The van der Waals surface area contributed by atoms with E-state index in [-0.39, 0.29) is 5.91 Å². The van der Waals surface area contributed by atoms with E-state index in [0.717, 1.165) is 17.7 Å². The lowest BCUT2D eigenvalue weighted by Crippen LogP contribution is -2.47. The molecule has 5 nitrogen and oxygen atoms in total. The van der Waals surface area contributed by atoms with Crippen molar-refractivity contribution in [2.75, 3.05) is 18.6 Å². The highest BCUT2D eigenvalue weighted by molar-refractivity contribution is 6.10. The van der Waals surface area contributed by atoms with Crippen LogP contribution in [-0.2, 0) is 9.53 Å². The molecule has 1 aromatic rings. The standard InChI is InChI=1S/C15H20N2O3/c1-15(2,20-3)14(18)17-10-6-8-12(16-19)11-7-4-5-9-13(11)17/h4-5,7,9,19H,6,8,10H2,1-3H3/b16-12-. The van der Waals surface area contributed by atoms with Gasteiger partial charge in [0.25, 0.3) is 5.91 Å². The fourth-order valence-corrected chi connectivity index (χ4v) is 2.34. The Labute approximate surface area is 118 Å². The number of benzene rings is 1. The van der Waals surface area contributed by atoms with Crippen LogP contribution in [0.1, 0.15) is 32.3 Å². The largest absolute Gasteiger partial charge is 0.411 e. The summed E-state index contributed by atoms with van der Waals surface area (Å²) in [5, 5.41) is 12.5. The van der Waals surface area contributed by atoms with Gasteiger partial charge in [-0.05, 0) is 32.8 Å². The number of rotatable bonds is 2. The van der Waals surface area contributed by atoms with Crippen molar-refractivity contribution in [2.45, 2.75) is 32.3 Å². The second-order valence-electron chi connectivity index (χ2n) is 5.34. The van der Waals surface area contributed by atoms with Crippen LogP contribution in [0.15, 0.2) is 29.4 Å². The third kappa shape index (κ3) is 2.54. The van der Waals surface area contributed by atoms with E-state index in [1.54, 1.807) is 18.7 Å². The summed E-state index contributed by atoms with van der Waals surface area (Å²) >= 11 is 0. The monoisotopic (exact) mass is 276 g/mol. The Kier molecular flexibility index (Phi) is 4.09. The molecule has 0 atom stereocenters. The molecule has 1 aromatic carbocycles. The van der Waals surface area contributed by atoms with Crippen LogP contribution in [0, 0.1) is 0 Å². The van der Waals surface area contributed by atoms with E-state index >= 15 is 0 Å². The van der Waals surface area contributed by atoms with E-state index in [4.69, 9.17) is 9.94 Å². The van der Waals surface area contributed by atoms with Gasteiger partial charge in [0.1, 0.15) is 5.60 Å². The van der Waals surface area contributed by atoms with E-state index in [0.29, 0.717) is 18.7 Å². The summed E-state index contributed by atoms with van der Waals surface area (Å²) in [7, 11) is 1.53. The van der Waals surface area contributed by atoms with Crippen LogP contribution in [0.3, 0.4) is 0 Å². The summed E-state index contributed by atoms with van der Waals surface area (Å²) in [6, 6.07) is 7.49. The molecular formula is C15H20N2O3. The van der Waals surface area contributed by atoms with Crippen LogP contribution in [0.2, 0.25) is 0 Å². The van der Waals surface area contributed by atoms with E-state index < -0.39 is 5.60 Å². The number of carbonyl (C=O) groups excluding carboxylic acids is 1. The predicted octanol–water partition coefficient (Wildman–Crippen LogP) is 2.42. The molecule has 0 radical (unpaired) electrons.